The zero-order chi connectivity index (χ0) is 24.5. The lowest BCUT2D eigenvalue weighted by molar-refractivity contribution is -0.116. The zero-order valence-corrected chi connectivity index (χ0v) is 20.8. The molecule has 0 spiro atoms. The summed E-state index contributed by atoms with van der Waals surface area (Å²) >= 11 is 6.02. The van der Waals surface area contributed by atoms with Crippen molar-refractivity contribution in [2.45, 2.75) is 25.3 Å². The first-order valence-corrected chi connectivity index (χ1v) is 12.8. The van der Waals surface area contributed by atoms with E-state index >= 15 is 0 Å². The van der Waals surface area contributed by atoms with Crippen LogP contribution in [0.1, 0.15) is 13.8 Å². The normalized spacial score (nSPS) is 11.9. The average Bonchev–Trinajstić information content (AvgIpc) is 3.13. The lowest BCUT2D eigenvalue weighted by Crippen LogP contribution is -2.35. The fourth-order valence-corrected chi connectivity index (χ4v) is 5.60. The van der Waals surface area contributed by atoms with Crippen molar-refractivity contribution in [2.75, 3.05) is 25.5 Å². The molecule has 1 N–H and O–H groups in total. The molecule has 9 heteroatoms. The monoisotopic (exact) mass is 499 g/mol. The Hall–Kier alpha value is -3.07. The molecule has 0 saturated heterocycles. The average molecular weight is 500 g/mol. The number of carbonyl (C=O) groups excluding carboxylic acids is 1. The fraction of sp³-hybridized carbons (Fsp3) is 0.240. The minimum absolute atomic E-state index is 0.0778. The van der Waals surface area contributed by atoms with E-state index in [9.17, 15) is 13.2 Å². The Bertz CT molecular complexity index is 1480. The van der Waals surface area contributed by atoms with E-state index in [-0.39, 0.29) is 22.2 Å². The first-order chi connectivity index (χ1) is 16.3. The molecule has 4 rings (SSSR count). The van der Waals surface area contributed by atoms with Crippen LogP contribution in [-0.4, -0.2) is 43.4 Å². The van der Waals surface area contributed by atoms with E-state index in [1.807, 2.05) is 30.3 Å². The van der Waals surface area contributed by atoms with Gasteiger partial charge in [0, 0.05) is 46.1 Å². The summed E-state index contributed by atoms with van der Waals surface area (Å²) < 4.78 is 34.9. The minimum atomic E-state index is -4.01. The summed E-state index contributed by atoms with van der Waals surface area (Å²) in [4.78, 5) is 12.7. The summed E-state index contributed by atoms with van der Waals surface area (Å²) in [7, 11) is -2.65. The number of likely N-dealkylation sites (N-methyl/N-ethyl adjacent to an activating group) is 1. The van der Waals surface area contributed by atoms with Gasteiger partial charge in [-0.3, -0.25) is 4.79 Å². The maximum absolute atomic E-state index is 13.1. The van der Waals surface area contributed by atoms with Crippen LogP contribution >= 0.6 is 11.6 Å². The number of aryl methyl sites for hydroxylation is 1. The Balaban J connectivity index is 1.57. The second-order valence-electron chi connectivity index (χ2n) is 7.83. The molecular weight excluding hydrogens is 474 g/mol. The number of hydrogen-bond acceptors (Lipinski definition) is 4. The van der Waals surface area contributed by atoms with Crippen molar-refractivity contribution in [1.82, 2.24) is 8.87 Å². The molecule has 7 nitrogen and oxygen atoms in total. The molecule has 0 atom stereocenters. The number of amides is 1. The second-order valence-corrected chi connectivity index (χ2v) is 10.3. The molecular formula is C25H26ClN3O4S. The van der Waals surface area contributed by atoms with Crippen LogP contribution in [0.2, 0.25) is 5.02 Å². The topological polar surface area (TPSA) is 80.6 Å². The van der Waals surface area contributed by atoms with Gasteiger partial charge < -0.3 is 14.6 Å². The third kappa shape index (κ3) is 4.49. The van der Waals surface area contributed by atoms with Crippen LogP contribution in [-0.2, 0) is 21.4 Å². The number of aromatic nitrogens is 1. The van der Waals surface area contributed by atoms with Crippen LogP contribution in [0.3, 0.4) is 0 Å². The van der Waals surface area contributed by atoms with Crippen molar-refractivity contribution in [3.8, 4) is 5.75 Å². The highest BCUT2D eigenvalue weighted by molar-refractivity contribution is 7.89. The molecule has 0 unspecified atom stereocenters. The minimum Gasteiger partial charge on any atom is -0.492 e. The number of carbonyl (C=O) groups is 1. The van der Waals surface area contributed by atoms with Crippen LogP contribution in [0.4, 0.5) is 5.69 Å². The highest BCUT2D eigenvalue weighted by atomic mass is 35.5. The van der Waals surface area contributed by atoms with E-state index < -0.39 is 15.9 Å². The van der Waals surface area contributed by atoms with Gasteiger partial charge >= 0.3 is 0 Å². The molecule has 0 fully saturated rings. The van der Waals surface area contributed by atoms with Gasteiger partial charge in [0.15, 0.2) is 0 Å². The number of halogens is 1. The van der Waals surface area contributed by atoms with Crippen LogP contribution in [0, 0.1) is 0 Å². The largest absolute Gasteiger partial charge is 0.492 e. The first kappa shape index (κ1) is 24.1. The molecule has 4 aromatic rings. The van der Waals surface area contributed by atoms with Crippen LogP contribution in [0.5, 0.6) is 5.75 Å². The molecule has 0 aliphatic carbocycles. The summed E-state index contributed by atoms with van der Waals surface area (Å²) in [6, 6.07) is 18.2. The molecule has 0 aliphatic rings. The van der Waals surface area contributed by atoms with Gasteiger partial charge in [0.05, 0.1) is 13.2 Å². The van der Waals surface area contributed by atoms with Crippen molar-refractivity contribution in [1.29, 1.82) is 0 Å². The van der Waals surface area contributed by atoms with Crippen molar-refractivity contribution in [3.63, 3.8) is 0 Å². The maximum atomic E-state index is 13.1. The fourth-order valence-electron chi connectivity index (χ4n) is 4.09. The number of nitrogens with one attached hydrogen (secondary N) is 1. The highest BCUT2D eigenvalue weighted by Crippen LogP contribution is 2.32. The predicted molar refractivity (Wildman–Crippen MR) is 136 cm³/mol. The highest BCUT2D eigenvalue weighted by Gasteiger charge is 2.27. The molecule has 0 aliphatic heterocycles. The summed E-state index contributed by atoms with van der Waals surface area (Å²) in [6.07, 6.45) is 0. The molecule has 0 bridgehead atoms. The van der Waals surface area contributed by atoms with Gasteiger partial charge in [0.25, 0.3) is 0 Å². The number of fused-ring (bicyclic) bond motifs is 3. The van der Waals surface area contributed by atoms with Crippen LogP contribution < -0.4 is 10.1 Å². The van der Waals surface area contributed by atoms with E-state index in [4.69, 9.17) is 16.3 Å². The summed E-state index contributed by atoms with van der Waals surface area (Å²) in [6.45, 7) is 4.61. The molecule has 1 amide bonds. The molecule has 178 valence electrons. The summed E-state index contributed by atoms with van der Waals surface area (Å²) in [5.74, 6) is -0.262. The molecule has 0 radical (unpaired) electrons. The van der Waals surface area contributed by atoms with Crippen molar-refractivity contribution in [3.05, 3.63) is 65.7 Å². The molecule has 34 heavy (non-hydrogen) atoms. The Morgan fingerprint density at radius 2 is 1.76 bits per heavy atom. The Morgan fingerprint density at radius 1 is 1.03 bits per heavy atom. The van der Waals surface area contributed by atoms with E-state index in [1.54, 1.807) is 13.0 Å². The molecule has 0 saturated carbocycles. The quantitative estimate of drug-likeness (QED) is 0.364. The van der Waals surface area contributed by atoms with Crippen molar-refractivity contribution in [2.24, 2.45) is 0 Å². The number of benzene rings is 3. The van der Waals surface area contributed by atoms with Gasteiger partial charge in [-0.05, 0) is 56.3 Å². The maximum Gasteiger partial charge on any atom is 0.247 e. The van der Waals surface area contributed by atoms with E-state index in [1.165, 1.54) is 19.2 Å². The summed E-state index contributed by atoms with van der Waals surface area (Å²) in [5.41, 5.74) is 2.80. The van der Waals surface area contributed by atoms with Gasteiger partial charge in [-0.15, -0.1) is 0 Å². The number of ether oxygens (including phenoxy) is 1. The Kier molecular flexibility index (Phi) is 6.84. The number of sulfonamides is 1. The van der Waals surface area contributed by atoms with E-state index in [0.717, 1.165) is 32.7 Å². The number of nitrogens with zero attached hydrogens (tertiary/aromatic N) is 2. The summed E-state index contributed by atoms with van der Waals surface area (Å²) in [5, 5.41) is 5.20. The lowest BCUT2D eigenvalue weighted by atomic mass is 10.1. The third-order valence-corrected chi connectivity index (χ3v) is 7.69. The Morgan fingerprint density at radius 3 is 2.50 bits per heavy atom. The van der Waals surface area contributed by atoms with Crippen LogP contribution in [0.15, 0.2) is 65.6 Å². The number of para-hydroxylation sites is 1. The third-order valence-electron chi connectivity index (χ3n) is 5.63. The second kappa shape index (κ2) is 9.66. The van der Waals surface area contributed by atoms with Gasteiger partial charge in [-0.25, -0.2) is 8.42 Å². The molecule has 3 aromatic carbocycles. The van der Waals surface area contributed by atoms with Gasteiger partial charge in [-0.1, -0.05) is 29.8 Å². The standard InChI is InChI=1S/C25H26ClN3O4S/c1-4-29-21-9-7-6-8-19(21)20-15-18(11-12-22(20)29)27-25(30)16-28(3)34(31,32)24-14-17(26)10-13-23(24)33-5-2/h6-15H,4-5,16H2,1-3H3,(H,27,30). The Labute approximate surface area is 203 Å². The van der Waals surface area contributed by atoms with Crippen LogP contribution in [0.25, 0.3) is 21.8 Å². The van der Waals surface area contributed by atoms with Crippen molar-refractivity contribution >= 4 is 55.0 Å². The first-order valence-electron chi connectivity index (χ1n) is 11.0. The van der Waals surface area contributed by atoms with Gasteiger partial charge in [-0.2, -0.15) is 4.31 Å². The lowest BCUT2D eigenvalue weighted by Gasteiger charge is -2.19. The SMILES string of the molecule is CCOc1ccc(Cl)cc1S(=O)(=O)N(C)CC(=O)Nc1ccc2c(c1)c1ccccc1n2CC. The molecule has 1 aromatic heterocycles. The smallest absolute Gasteiger partial charge is 0.247 e. The number of rotatable bonds is 8. The van der Waals surface area contributed by atoms with E-state index in [0.29, 0.717) is 12.3 Å². The molecule has 1 heterocycles. The predicted octanol–water partition coefficient (Wildman–Crippen LogP) is 5.13. The van der Waals surface area contributed by atoms with Gasteiger partial charge in [0.2, 0.25) is 15.9 Å². The van der Waals surface area contributed by atoms with Gasteiger partial charge in [0.1, 0.15) is 10.6 Å². The zero-order valence-electron chi connectivity index (χ0n) is 19.2. The van der Waals surface area contributed by atoms with Crippen molar-refractivity contribution < 1.29 is 17.9 Å². The number of hydrogen-bond donors (Lipinski definition) is 1. The number of anilines is 1. The van der Waals surface area contributed by atoms with E-state index in [2.05, 4.69) is 28.9 Å².